The van der Waals surface area contributed by atoms with Crippen molar-refractivity contribution >= 4 is 5.91 Å². The summed E-state index contributed by atoms with van der Waals surface area (Å²) in [4.78, 5) is 12.4. The Bertz CT molecular complexity index is 660. The molecule has 1 amide bonds. The van der Waals surface area contributed by atoms with Gasteiger partial charge >= 0.3 is 0 Å². The number of nitrogens with zero attached hydrogens (tertiary/aromatic N) is 2. The highest BCUT2D eigenvalue weighted by Crippen LogP contribution is 2.13. The van der Waals surface area contributed by atoms with E-state index in [0.29, 0.717) is 12.1 Å². The molecule has 23 heavy (non-hydrogen) atoms. The summed E-state index contributed by atoms with van der Waals surface area (Å²) in [5.41, 5.74) is 4.42. The zero-order valence-corrected chi connectivity index (χ0v) is 14.1. The minimum atomic E-state index is -0.0608. The summed E-state index contributed by atoms with van der Waals surface area (Å²) >= 11 is 0. The maximum absolute atomic E-state index is 12.4. The van der Waals surface area contributed by atoms with Crippen molar-refractivity contribution in [1.29, 1.82) is 0 Å². The van der Waals surface area contributed by atoms with Gasteiger partial charge in [0.2, 0.25) is 0 Å². The van der Waals surface area contributed by atoms with E-state index in [4.69, 9.17) is 5.11 Å². The van der Waals surface area contributed by atoms with Crippen molar-refractivity contribution in [2.24, 2.45) is 0 Å². The Labute approximate surface area is 137 Å². The maximum atomic E-state index is 12.4. The fourth-order valence-electron chi connectivity index (χ4n) is 2.68. The number of amides is 1. The molecular weight excluding hydrogens is 290 g/mol. The number of nitrogens with one attached hydrogen (secondary N) is 1. The molecule has 0 aliphatic rings. The van der Waals surface area contributed by atoms with E-state index in [9.17, 15) is 4.79 Å². The molecule has 0 unspecified atom stereocenters. The van der Waals surface area contributed by atoms with Crippen LogP contribution in [0.2, 0.25) is 0 Å². The summed E-state index contributed by atoms with van der Waals surface area (Å²) < 4.78 is 1.90. The maximum Gasteiger partial charge on any atom is 0.255 e. The van der Waals surface area contributed by atoms with Gasteiger partial charge in [-0.25, -0.2) is 0 Å². The average Bonchev–Trinajstić information content (AvgIpc) is 2.82. The number of aromatic nitrogens is 2. The van der Waals surface area contributed by atoms with Gasteiger partial charge in [0.25, 0.3) is 5.91 Å². The molecule has 1 aromatic carbocycles. The summed E-state index contributed by atoms with van der Waals surface area (Å²) in [6, 6.07) is 7.77. The van der Waals surface area contributed by atoms with Crippen LogP contribution in [-0.4, -0.2) is 27.3 Å². The quantitative estimate of drug-likeness (QED) is 0.824. The van der Waals surface area contributed by atoms with Crippen LogP contribution in [0.15, 0.2) is 24.3 Å². The smallest absolute Gasteiger partial charge is 0.255 e. The number of hydrogen-bond acceptors (Lipinski definition) is 3. The van der Waals surface area contributed by atoms with Crippen molar-refractivity contribution < 1.29 is 9.90 Å². The second-order valence-corrected chi connectivity index (χ2v) is 5.75. The molecule has 0 saturated carbocycles. The first-order valence-electron chi connectivity index (χ1n) is 8.07. The van der Waals surface area contributed by atoms with Gasteiger partial charge in [-0.1, -0.05) is 31.2 Å². The summed E-state index contributed by atoms with van der Waals surface area (Å²) in [6.45, 7) is 7.38. The number of rotatable bonds is 7. The number of benzene rings is 1. The van der Waals surface area contributed by atoms with Crippen molar-refractivity contribution in [3.8, 4) is 0 Å². The predicted molar refractivity (Wildman–Crippen MR) is 90.4 cm³/mol. The van der Waals surface area contributed by atoms with Crippen molar-refractivity contribution in [2.45, 2.75) is 46.8 Å². The first-order valence-corrected chi connectivity index (χ1v) is 8.07. The van der Waals surface area contributed by atoms with Gasteiger partial charge in [0.15, 0.2) is 0 Å². The van der Waals surface area contributed by atoms with E-state index < -0.39 is 0 Å². The molecule has 0 radical (unpaired) electrons. The van der Waals surface area contributed by atoms with E-state index in [-0.39, 0.29) is 12.5 Å². The minimum absolute atomic E-state index is 0.0529. The molecule has 0 atom stereocenters. The van der Waals surface area contributed by atoms with Gasteiger partial charge in [0.05, 0.1) is 17.9 Å². The van der Waals surface area contributed by atoms with Crippen LogP contribution in [0.3, 0.4) is 0 Å². The molecule has 0 aliphatic heterocycles. The van der Waals surface area contributed by atoms with E-state index >= 15 is 0 Å². The van der Waals surface area contributed by atoms with Gasteiger partial charge in [0.1, 0.15) is 0 Å². The first-order chi connectivity index (χ1) is 11.1. The molecule has 2 N–H and O–H groups in total. The van der Waals surface area contributed by atoms with Gasteiger partial charge in [-0.15, -0.1) is 0 Å². The summed E-state index contributed by atoms with van der Waals surface area (Å²) in [7, 11) is 0. The third-order valence-corrected chi connectivity index (χ3v) is 3.95. The zero-order valence-electron chi connectivity index (χ0n) is 14.1. The zero-order chi connectivity index (χ0) is 16.8. The number of hydrogen-bond donors (Lipinski definition) is 2. The molecule has 1 heterocycles. The van der Waals surface area contributed by atoms with Crippen LogP contribution in [0.1, 0.15) is 46.2 Å². The fraction of sp³-hybridized carbons (Fsp3) is 0.444. The highest BCUT2D eigenvalue weighted by molar-refractivity contribution is 5.96. The predicted octanol–water partition coefficient (Wildman–Crippen LogP) is 2.37. The number of aryl methyl sites for hydroxylation is 2. The molecule has 0 fully saturated rings. The van der Waals surface area contributed by atoms with Gasteiger partial charge < -0.3 is 10.4 Å². The number of aliphatic hydroxyl groups is 1. The van der Waals surface area contributed by atoms with Gasteiger partial charge in [-0.05, 0) is 37.8 Å². The van der Waals surface area contributed by atoms with E-state index in [1.807, 2.05) is 42.8 Å². The van der Waals surface area contributed by atoms with Crippen LogP contribution in [0.5, 0.6) is 0 Å². The van der Waals surface area contributed by atoms with Gasteiger partial charge in [0, 0.05) is 18.8 Å². The Morgan fingerprint density at radius 3 is 2.48 bits per heavy atom. The molecule has 2 rings (SSSR count). The van der Waals surface area contributed by atoms with Crippen molar-refractivity contribution in [1.82, 2.24) is 15.1 Å². The second-order valence-electron chi connectivity index (χ2n) is 5.75. The molecule has 2 aromatic rings. The molecular formula is C18H25N3O2. The van der Waals surface area contributed by atoms with Crippen molar-refractivity contribution in [3.63, 3.8) is 0 Å². The highest BCUT2D eigenvalue weighted by Gasteiger charge is 2.17. The molecule has 124 valence electrons. The van der Waals surface area contributed by atoms with Gasteiger partial charge in [-0.2, -0.15) is 5.10 Å². The average molecular weight is 315 g/mol. The van der Waals surface area contributed by atoms with Crippen LogP contribution in [-0.2, 0) is 19.6 Å². The monoisotopic (exact) mass is 315 g/mol. The summed E-state index contributed by atoms with van der Waals surface area (Å²) in [5, 5.41) is 16.4. The number of carbonyl (C=O) groups is 1. The Kier molecular flexibility index (Phi) is 5.93. The van der Waals surface area contributed by atoms with Crippen LogP contribution < -0.4 is 5.32 Å². The van der Waals surface area contributed by atoms with Crippen LogP contribution >= 0.6 is 0 Å². The molecule has 0 spiro atoms. The standard InChI is InChI=1S/C18H25N3O2/c1-4-11-21-14(3)17(13(2)20-21)18(23)19-10-9-15-5-7-16(12-22)8-6-15/h5-8,22H,4,9-12H2,1-3H3,(H,19,23). The van der Waals surface area contributed by atoms with Crippen LogP contribution in [0, 0.1) is 13.8 Å². The molecule has 0 saturated heterocycles. The second kappa shape index (κ2) is 7.92. The molecule has 0 aliphatic carbocycles. The topological polar surface area (TPSA) is 67.2 Å². The molecule has 5 nitrogen and oxygen atoms in total. The van der Waals surface area contributed by atoms with E-state index in [0.717, 1.165) is 41.9 Å². The third-order valence-electron chi connectivity index (χ3n) is 3.95. The lowest BCUT2D eigenvalue weighted by Crippen LogP contribution is -2.26. The Balaban J connectivity index is 1.94. The lowest BCUT2D eigenvalue weighted by atomic mass is 10.1. The number of carbonyl (C=O) groups excluding carboxylic acids is 1. The molecule has 5 heteroatoms. The summed E-state index contributed by atoms with van der Waals surface area (Å²) in [6.07, 6.45) is 1.76. The van der Waals surface area contributed by atoms with E-state index in [1.54, 1.807) is 0 Å². The van der Waals surface area contributed by atoms with Crippen molar-refractivity contribution in [3.05, 3.63) is 52.3 Å². The van der Waals surface area contributed by atoms with Crippen LogP contribution in [0.4, 0.5) is 0 Å². The Hall–Kier alpha value is -2.14. The van der Waals surface area contributed by atoms with E-state index in [2.05, 4.69) is 17.3 Å². The van der Waals surface area contributed by atoms with Crippen LogP contribution in [0.25, 0.3) is 0 Å². The lowest BCUT2D eigenvalue weighted by molar-refractivity contribution is 0.0953. The van der Waals surface area contributed by atoms with E-state index in [1.165, 1.54) is 0 Å². The number of aliphatic hydroxyl groups excluding tert-OH is 1. The molecule has 1 aromatic heterocycles. The fourth-order valence-corrected chi connectivity index (χ4v) is 2.68. The first kappa shape index (κ1) is 17.2. The SMILES string of the molecule is CCCn1nc(C)c(C(=O)NCCc2ccc(CO)cc2)c1C. The molecule has 0 bridgehead atoms. The Morgan fingerprint density at radius 1 is 1.22 bits per heavy atom. The lowest BCUT2D eigenvalue weighted by Gasteiger charge is -2.07. The van der Waals surface area contributed by atoms with Crippen molar-refractivity contribution in [2.75, 3.05) is 6.54 Å². The summed E-state index contributed by atoms with van der Waals surface area (Å²) in [5.74, 6) is -0.0608. The largest absolute Gasteiger partial charge is 0.392 e. The minimum Gasteiger partial charge on any atom is -0.392 e. The highest BCUT2D eigenvalue weighted by atomic mass is 16.3. The third kappa shape index (κ3) is 4.20. The normalized spacial score (nSPS) is 10.8. The Morgan fingerprint density at radius 2 is 1.87 bits per heavy atom. The van der Waals surface area contributed by atoms with Gasteiger partial charge in [-0.3, -0.25) is 9.48 Å².